The standard InChI is InChI=1S/C9H6ClN3O2S/c10-7-3-5(1-2-6(7)8(14)15)13-9-11-4-12-16-9/h1-4H,(H,14,15)(H,11,12,13). The van der Waals surface area contributed by atoms with Crippen molar-refractivity contribution < 1.29 is 9.90 Å². The van der Waals surface area contributed by atoms with Crippen molar-refractivity contribution in [2.75, 3.05) is 5.32 Å². The number of anilines is 2. The second-order valence-corrected chi connectivity index (χ2v) is 4.06. The fourth-order valence-corrected chi connectivity index (χ4v) is 1.83. The van der Waals surface area contributed by atoms with Crippen molar-refractivity contribution in [2.24, 2.45) is 0 Å². The van der Waals surface area contributed by atoms with Crippen LogP contribution < -0.4 is 5.32 Å². The Kier molecular flexibility index (Phi) is 3.02. The van der Waals surface area contributed by atoms with Gasteiger partial charge in [0.15, 0.2) is 0 Å². The molecule has 2 rings (SSSR count). The highest BCUT2D eigenvalue weighted by molar-refractivity contribution is 7.09. The molecule has 0 spiro atoms. The molecule has 1 aromatic carbocycles. The second-order valence-electron chi connectivity index (χ2n) is 2.87. The Morgan fingerprint density at radius 1 is 1.50 bits per heavy atom. The van der Waals surface area contributed by atoms with E-state index in [1.54, 1.807) is 6.07 Å². The third kappa shape index (κ3) is 2.29. The van der Waals surface area contributed by atoms with E-state index in [1.165, 1.54) is 30.0 Å². The van der Waals surface area contributed by atoms with Crippen LogP contribution in [0.1, 0.15) is 10.4 Å². The molecule has 7 heteroatoms. The molecule has 82 valence electrons. The van der Waals surface area contributed by atoms with Gasteiger partial charge in [0.05, 0.1) is 10.6 Å². The molecule has 0 bridgehead atoms. The number of aromatic nitrogens is 2. The van der Waals surface area contributed by atoms with Crippen molar-refractivity contribution in [3.05, 3.63) is 35.1 Å². The zero-order valence-electron chi connectivity index (χ0n) is 7.85. The Morgan fingerprint density at radius 3 is 2.88 bits per heavy atom. The molecule has 0 unspecified atom stereocenters. The zero-order chi connectivity index (χ0) is 11.5. The third-order valence-electron chi connectivity index (χ3n) is 1.81. The topological polar surface area (TPSA) is 75.1 Å². The molecule has 2 N–H and O–H groups in total. The molecule has 1 heterocycles. The van der Waals surface area contributed by atoms with Gasteiger partial charge in [0.1, 0.15) is 6.33 Å². The molecule has 0 aliphatic heterocycles. The Labute approximate surface area is 99.9 Å². The first kappa shape index (κ1) is 10.8. The molecule has 0 amide bonds. The average molecular weight is 256 g/mol. The number of aromatic carboxylic acids is 1. The number of nitrogens with zero attached hydrogens (tertiary/aromatic N) is 2. The summed E-state index contributed by atoms with van der Waals surface area (Å²) in [6.07, 6.45) is 1.43. The number of hydrogen-bond acceptors (Lipinski definition) is 5. The highest BCUT2D eigenvalue weighted by Crippen LogP contribution is 2.23. The molecule has 0 saturated heterocycles. The van der Waals surface area contributed by atoms with E-state index in [2.05, 4.69) is 14.7 Å². The number of nitrogens with one attached hydrogen (secondary N) is 1. The van der Waals surface area contributed by atoms with E-state index in [-0.39, 0.29) is 10.6 Å². The molecule has 0 fully saturated rings. The van der Waals surface area contributed by atoms with Gasteiger partial charge in [-0.15, -0.1) is 0 Å². The largest absolute Gasteiger partial charge is 0.478 e. The van der Waals surface area contributed by atoms with E-state index in [1.807, 2.05) is 0 Å². The van der Waals surface area contributed by atoms with E-state index in [0.29, 0.717) is 10.8 Å². The molecule has 0 atom stereocenters. The van der Waals surface area contributed by atoms with Crippen LogP contribution in [0.2, 0.25) is 5.02 Å². The number of carbonyl (C=O) groups is 1. The van der Waals surface area contributed by atoms with Gasteiger partial charge in [-0.3, -0.25) is 0 Å². The van der Waals surface area contributed by atoms with Crippen molar-refractivity contribution in [3.8, 4) is 0 Å². The third-order valence-corrected chi connectivity index (χ3v) is 2.70. The Morgan fingerprint density at radius 2 is 2.31 bits per heavy atom. The molecule has 16 heavy (non-hydrogen) atoms. The van der Waals surface area contributed by atoms with Gasteiger partial charge >= 0.3 is 5.97 Å². The lowest BCUT2D eigenvalue weighted by molar-refractivity contribution is 0.0697. The summed E-state index contributed by atoms with van der Waals surface area (Å²) in [5.74, 6) is -1.05. The van der Waals surface area contributed by atoms with E-state index >= 15 is 0 Å². The Bertz CT molecular complexity index is 515. The van der Waals surface area contributed by atoms with Gasteiger partial charge in [0, 0.05) is 17.2 Å². The Hall–Kier alpha value is -1.66. The molecule has 0 radical (unpaired) electrons. The summed E-state index contributed by atoms with van der Waals surface area (Å²) in [7, 11) is 0. The minimum absolute atomic E-state index is 0.0736. The van der Waals surface area contributed by atoms with E-state index < -0.39 is 5.97 Å². The first-order valence-corrected chi connectivity index (χ1v) is 5.38. The summed E-state index contributed by atoms with van der Waals surface area (Å²) in [6.45, 7) is 0. The van der Waals surface area contributed by atoms with Gasteiger partial charge in [0.2, 0.25) is 5.13 Å². The van der Waals surface area contributed by atoms with Crippen LogP contribution in [0.5, 0.6) is 0 Å². The van der Waals surface area contributed by atoms with Crippen LogP contribution in [0.3, 0.4) is 0 Å². The highest BCUT2D eigenvalue weighted by Gasteiger charge is 2.09. The number of rotatable bonds is 3. The van der Waals surface area contributed by atoms with Gasteiger partial charge < -0.3 is 10.4 Å². The number of halogens is 1. The molecule has 0 saturated carbocycles. The molecular formula is C9H6ClN3O2S. The maximum absolute atomic E-state index is 10.7. The first-order chi connectivity index (χ1) is 7.66. The highest BCUT2D eigenvalue weighted by atomic mass is 35.5. The monoisotopic (exact) mass is 255 g/mol. The zero-order valence-corrected chi connectivity index (χ0v) is 9.42. The fourth-order valence-electron chi connectivity index (χ4n) is 1.12. The predicted octanol–water partition coefficient (Wildman–Crippen LogP) is 2.63. The second kappa shape index (κ2) is 4.46. The lowest BCUT2D eigenvalue weighted by Gasteiger charge is -2.04. The molecule has 0 aliphatic rings. The average Bonchev–Trinajstić information content (AvgIpc) is 2.70. The maximum Gasteiger partial charge on any atom is 0.337 e. The molecule has 1 aromatic heterocycles. The van der Waals surface area contributed by atoms with Crippen LogP contribution >= 0.6 is 23.1 Å². The number of benzene rings is 1. The fraction of sp³-hybridized carbons (Fsp3) is 0. The normalized spacial score (nSPS) is 10.1. The summed E-state index contributed by atoms with van der Waals surface area (Å²) in [5.41, 5.74) is 0.747. The number of hydrogen-bond donors (Lipinski definition) is 2. The maximum atomic E-state index is 10.7. The van der Waals surface area contributed by atoms with Gasteiger partial charge in [0.25, 0.3) is 0 Å². The summed E-state index contributed by atoms with van der Waals surface area (Å²) in [4.78, 5) is 14.7. The molecule has 2 aromatic rings. The van der Waals surface area contributed by atoms with Gasteiger partial charge in [-0.2, -0.15) is 4.37 Å². The predicted molar refractivity (Wildman–Crippen MR) is 61.6 cm³/mol. The molecule has 5 nitrogen and oxygen atoms in total. The van der Waals surface area contributed by atoms with Crippen molar-refractivity contribution in [1.29, 1.82) is 0 Å². The SMILES string of the molecule is O=C(O)c1ccc(Nc2ncns2)cc1Cl. The molecule has 0 aliphatic carbocycles. The summed E-state index contributed by atoms with van der Waals surface area (Å²) in [6, 6.07) is 4.59. The van der Waals surface area contributed by atoms with Crippen LogP contribution in [0.25, 0.3) is 0 Å². The minimum Gasteiger partial charge on any atom is -0.478 e. The van der Waals surface area contributed by atoms with Crippen LogP contribution in [-0.4, -0.2) is 20.4 Å². The summed E-state index contributed by atoms with van der Waals surface area (Å²) in [5, 5.41) is 12.6. The lowest BCUT2D eigenvalue weighted by Crippen LogP contribution is -1.98. The van der Waals surface area contributed by atoms with Crippen molar-refractivity contribution in [2.45, 2.75) is 0 Å². The number of carboxylic acids is 1. The number of carboxylic acid groups (broad SMARTS) is 1. The van der Waals surface area contributed by atoms with Crippen molar-refractivity contribution in [3.63, 3.8) is 0 Å². The first-order valence-electron chi connectivity index (χ1n) is 4.23. The quantitative estimate of drug-likeness (QED) is 0.882. The molecular weight excluding hydrogens is 250 g/mol. The summed E-state index contributed by atoms with van der Waals surface area (Å²) < 4.78 is 3.83. The van der Waals surface area contributed by atoms with E-state index in [4.69, 9.17) is 16.7 Å². The summed E-state index contributed by atoms with van der Waals surface area (Å²) >= 11 is 7.01. The van der Waals surface area contributed by atoms with Crippen LogP contribution in [0.4, 0.5) is 10.8 Å². The van der Waals surface area contributed by atoms with E-state index in [9.17, 15) is 4.79 Å². The van der Waals surface area contributed by atoms with Gasteiger partial charge in [-0.05, 0) is 18.2 Å². The van der Waals surface area contributed by atoms with Crippen molar-refractivity contribution in [1.82, 2.24) is 9.36 Å². The Balaban J connectivity index is 2.24. The van der Waals surface area contributed by atoms with E-state index in [0.717, 1.165) is 0 Å². The van der Waals surface area contributed by atoms with Crippen LogP contribution in [0.15, 0.2) is 24.5 Å². The van der Waals surface area contributed by atoms with Crippen molar-refractivity contribution >= 4 is 39.9 Å². The lowest BCUT2D eigenvalue weighted by atomic mass is 10.2. The van der Waals surface area contributed by atoms with Gasteiger partial charge in [-0.25, -0.2) is 9.78 Å². The minimum atomic E-state index is -1.05. The smallest absolute Gasteiger partial charge is 0.337 e. The van der Waals surface area contributed by atoms with Gasteiger partial charge in [-0.1, -0.05) is 11.6 Å². The van der Waals surface area contributed by atoms with Crippen LogP contribution in [-0.2, 0) is 0 Å². The van der Waals surface area contributed by atoms with Crippen LogP contribution in [0, 0.1) is 0 Å².